The van der Waals surface area contributed by atoms with Crippen LogP contribution in [-0.2, 0) is 20.8 Å². The minimum Gasteiger partial charge on any atom is -0.461 e. The van der Waals surface area contributed by atoms with Gasteiger partial charge in [-0.25, -0.2) is 9.78 Å². The number of nitrogens with zero attached hydrogens (tertiary/aromatic N) is 1. The molecule has 1 aromatic heterocycles. The zero-order valence-electron chi connectivity index (χ0n) is 9.39. The Bertz CT molecular complexity index is 326. The van der Waals surface area contributed by atoms with Crippen molar-refractivity contribution in [2.45, 2.75) is 13.0 Å². The first-order valence-corrected chi connectivity index (χ1v) is 5.75. The van der Waals surface area contributed by atoms with E-state index < -0.39 is 5.97 Å². The summed E-state index contributed by atoms with van der Waals surface area (Å²) >= 11 is 1.38. The summed E-state index contributed by atoms with van der Waals surface area (Å²) in [5.41, 5.74) is 0.342. The smallest absolute Gasteiger partial charge is 0.357 e. The maximum absolute atomic E-state index is 11.5. The van der Waals surface area contributed by atoms with Gasteiger partial charge in [-0.3, -0.25) is 0 Å². The average molecular weight is 245 g/mol. The minimum atomic E-state index is -0.394. The number of hydrogen-bond acceptors (Lipinski definition) is 6. The fourth-order valence-corrected chi connectivity index (χ4v) is 1.77. The third-order valence-electron chi connectivity index (χ3n) is 1.75. The van der Waals surface area contributed by atoms with E-state index in [9.17, 15) is 4.79 Å². The number of methoxy groups -OCH3 is 2. The van der Waals surface area contributed by atoms with E-state index in [2.05, 4.69) is 4.98 Å². The second kappa shape index (κ2) is 7.32. The molecule has 0 aliphatic rings. The number of aromatic nitrogens is 1. The Labute approximate surface area is 98.3 Å². The Hall–Kier alpha value is -0.980. The fraction of sp³-hybridized carbons (Fsp3) is 0.600. The lowest BCUT2D eigenvalue weighted by Crippen LogP contribution is -2.08. The summed E-state index contributed by atoms with van der Waals surface area (Å²) in [4.78, 5) is 15.6. The lowest BCUT2D eigenvalue weighted by atomic mass is 10.4. The van der Waals surface area contributed by atoms with E-state index in [1.165, 1.54) is 11.3 Å². The highest BCUT2D eigenvalue weighted by Crippen LogP contribution is 2.11. The van der Waals surface area contributed by atoms with Gasteiger partial charge >= 0.3 is 5.97 Å². The summed E-state index contributed by atoms with van der Waals surface area (Å²) in [6.07, 6.45) is 0.692. The topological polar surface area (TPSA) is 57.7 Å². The summed E-state index contributed by atoms with van der Waals surface area (Å²) < 4.78 is 14.8. The van der Waals surface area contributed by atoms with Gasteiger partial charge < -0.3 is 14.2 Å². The molecule has 0 aromatic carbocycles. The normalized spacial score (nSPS) is 10.4. The number of esters is 1. The van der Waals surface area contributed by atoms with Crippen molar-refractivity contribution in [3.8, 4) is 0 Å². The molecule has 0 spiro atoms. The Morgan fingerprint density at radius 3 is 2.88 bits per heavy atom. The van der Waals surface area contributed by atoms with Crippen LogP contribution in [0.5, 0.6) is 0 Å². The molecule has 0 N–H and O–H groups in total. The van der Waals surface area contributed by atoms with Crippen molar-refractivity contribution in [3.05, 3.63) is 16.1 Å². The Morgan fingerprint density at radius 1 is 1.38 bits per heavy atom. The molecule has 16 heavy (non-hydrogen) atoms. The largest absolute Gasteiger partial charge is 0.461 e. The van der Waals surface area contributed by atoms with Crippen LogP contribution in [-0.4, -0.2) is 38.4 Å². The number of ether oxygens (including phenoxy) is 3. The van der Waals surface area contributed by atoms with Crippen molar-refractivity contribution in [2.24, 2.45) is 0 Å². The number of thiazole rings is 1. The molecule has 0 unspecified atom stereocenters. The number of rotatable bonds is 7. The van der Waals surface area contributed by atoms with E-state index in [1.807, 2.05) is 0 Å². The summed E-state index contributed by atoms with van der Waals surface area (Å²) in [7, 11) is 3.20. The molecule has 0 atom stereocenters. The van der Waals surface area contributed by atoms with Crippen LogP contribution in [0.15, 0.2) is 5.38 Å². The molecule has 0 saturated carbocycles. The van der Waals surface area contributed by atoms with Crippen LogP contribution in [0.4, 0.5) is 0 Å². The predicted molar refractivity (Wildman–Crippen MR) is 59.6 cm³/mol. The maximum Gasteiger partial charge on any atom is 0.357 e. The molecule has 0 aliphatic carbocycles. The van der Waals surface area contributed by atoms with E-state index in [4.69, 9.17) is 14.2 Å². The SMILES string of the molecule is COCCCOC(=O)c1csc(COC)n1. The number of carbonyl (C=O) groups is 1. The fourth-order valence-electron chi connectivity index (χ4n) is 1.04. The highest BCUT2D eigenvalue weighted by molar-refractivity contribution is 7.09. The molecule has 0 bridgehead atoms. The molecule has 0 amide bonds. The van der Waals surface area contributed by atoms with Gasteiger partial charge in [-0.1, -0.05) is 0 Å². The summed E-state index contributed by atoms with van der Waals surface area (Å²) in [6, 6.07) is 0. The first-order chi connectivity index (χ1) is 7.77. The van der Waals surface area contributed by atoms with E-state index in [-0.39, 0.29) is 0 Å². The number of hydrogen-bond donors (Lipinski definition) is 0. The Morgan fingerprint density at radius 2 is 2.19 bits per heavy atom. The third kappa shape index (κ3) is 4.26. The molecule has 90 valence electrons. The van der Waals surface area contributed by atoms with E-state index in [1.54, 1.807) is 19.6 Å². The summed E-state index contributed by atoms with van der Waals surface area (Å²) in [5.74, 6) is -0.394. The highest BCUT2D eigenvalue weighted by atomic mass is 32.1. The molecule has 0 aliphatic heterocycles. The quantitative estimate of drug-likeness (QED) is 0.538. The van der Waals surface area contributed by atoms with Crippen LogP contribution in [0.1, 0.15) is 21.9 Å². The predicted octanol–water partition coefficient (Wildman–Crippen LogP) is 1.48. The Balaban J connectivity index is 2.34. The third-order valence-corrected chi connectivity index (χ3v) is 2.58. The van der Waals surface area contributed by atoms with Gasteiger partial charge in [0.05, 0.1) is 13.2 Å². The van der Waals surface area contributed by atoms with Gasteiger partial charge in [0.15, 0.2) is 5.69 Å². The number of carbonyl (C=O) groups excluding carboxylic acids is 1. The summed E-state index contributed by atoms with van der Waals surface area (Å²) in [6.45, 7) is 1.35. The molecule has 1 heterocycles. The molecule has 0 radical (unpaired) electrons. The second-order valence-electron chi connectivity index (χ2n) is 3.04. The molecule has 0 saturated heterocycles. The molecule has 1 aromatic rings. The van der Waals surface area contributed by atoms with E-state index >= 15 is 0 Å². The molecular formula is C10H15NO4S. The maximum atomic E-state index is 11.5. The van der Waals surface area contributed by atoms with Crippen molar-refractivity contribution in [1.82, 2.24) is 4.98 Å². The minimum absolute atomic E-state index is 0.342. The van der Waals surface area contributed by atoms with Crippen molar-refractivity contribution in [1.29, 1.82) is 0 Å². The standard InChI is InChI=1S/C10H15NO4S/c1-13-4-3-5-15-10(12)8-7-16-9(11-8)6-14-2/h7H,3-6H2,1-2H3. The molecular weight excluding hydrogens is 230 g/mol. The van der Waals surface area contributed by atoms with Gasteiger partial charge in [-0.2, -0.15) is 0 Å². The van der Waals surface area contributed by atoms with Gasteiger partial charge in [0.2, 0.25) is 0 Å². The molecule has 1 rings (SSSR count). The first kappa shape index (κ1) is 13.1. The second-order valence-corrected chi connectivity index (χ2v) is 3.98. The van der Waals surface area contributed by atoms with Gasteiger partial charge in [0.25, 0.3) is 0 Å². The van der Waals surface area contributed by atoms with Gasteiger partial charge in [-0.15, -0.1) is 11.3 Å². The van der Waals surface area contributed by atoms with Crippen molar-refractivity contribution >= 4 is 17.3 Å². The Kier molecular flexibility index (Phi) is 5.99. The van der Waals surface area contributed by atoms with Crippen LogP contribution < -0.4 is 0 Å². The van der Waals surface area contributed by atoms with Crippen LogP contribution in [0.3, 0.4) is 0 Å². The lowest BCUT2D eigenvalue weighted by Gasteiger charge is -2.01. The van der Waals surface area contributed by atoms with Crippen LogP contribution in [0.2, 0.25) is 0 Å². The van der Waals surface area contributed by atoms with Crippen LogP contribution >= 0.6 is 11.3 Å². The van der Waals surface area contributed by atoms with Crippen molar-refractivity contribution in [2.75, 3.05) is 27.4 Å². The average Bonchev–Trinajstić information content (AvgIpc) is 2.73. The van der Waals surface area contributed by atoms with Gasteiger partial charge in [0, 0.05) is 32.6 Å². The van der Waals surface area contributed by atoms with E-state index in [0.717, 1.165) is 5.01 Å². The zero-order chi connectivity index (χ0) is 11.8. The lowest BCUT2D eigenvalue weighted by molar-refractivity contribution is 0.0462. The van der Waals surface area contributed by atoms with E-state index in [0.29, 0.717) is 31.9 Å². The van der Waals surface area contributed by atoms with Crippen molar-refractivity contribution < 1.29 is 19.0 Å². The monoisotopic (exact) mass is 245 g/mol. The molecule has 0 fully saturated rings. The molecule has 6 heteroatoms. The van der Waals surface area contributed by atoms with Crippen LogP contribution in [0.25, 0.3) is 0 Å². The summed E-state index contributed by atoms with van der Waals surface area (Å²) in [5, 5.41) is 2.44. The van der Waals surface area contributed by atoms with Crippen LogP contribution in [0, 0.1) is 0 Å². The molecule has 5 nitrogen and oxygen atoms in total. The van der Waals surface area contributed by atoms with Crippen molar-refractivity contribution in [3.63, 3.8) is 0 Å². The van der Waals surface area contributed by atoms with Gasteiger partial charge in [-0.05, 0) is 0 Å². The zero-order valence-corrected chi connectivity index (χ0v) is 10.2. The highest BCUT2D eigenvalue weighted by Gasteiger charge is 2.11. The first-order valence-electron chi connectivity index (χ1n) is 4.87. The van der Waals surface area contributed by atoms with Gasteiger partial charge in [0.1, 0.15) is 5.01 Å².